The normalized spacial score (nSPS) is 18.1. The van der Waals surface area contributed by atoms with Crippen LogP contribution in [0.25, 0.3) is 5.76 Å². The lowest BCUT2D eigenvalue weighted by Gasteiger charge is -2.22. The zero-order valence-corrected chi connectivity index (χ0v) is 16.9. The number of Topliss-reactive ketones (excluding diaryl/α,β-unsaturated/α-hetero) is 1. The summed E-state index contributed by atoms with van der Waals surface area (Å²) in [5.74, 6) is -0.652. The van der Waals surface area contributed by atoms with Gasteiger partial charge in [0.15, 0.2) is 5.82 Å². The Morgan fingerprint density at radius 3 is 2.37 bits per heavy atom. The Hall–Kier alpha value is -3.58. The lowest BCUT2D eigenvalue weighted by molar-refractivity contribution is -0.132. The molecule has 8 heteroatoms. The van der Waals surface area contributed by atoms with Crippen molar-refractivity contribution in [3.8, 4) is 5.75 Å². The summed E-state index contributed by atoms with van der Waals surface area (Å²) in [7, 11) is 1.53. The smallest absolute Gasteiger partial charge is 0.301 e. The van der Waals surface area contributed by atoms with Crippen LogP contribution in [0.2, 0.25) is 5.02 Å². The first-order valence-corrected chi connectivity index (χ1v) is 9.42. The summed E-state index contributed by atoms with van der Waals surface area (Å²) in [6, 6.07) is 13.9. The van der Waals surface area contributed by atoms with Gasteiger partial charge in [0.1, 0.15) is 17.3 Å². The Kier molecular flexibility index (Phi) is 5.05. The fraction of sp³-hybridized carbons (Fsp3) is 0.136. The molecule has 0 bridgehead atoms. The molecule has 2 aromatic carbocycles. The van der Waals surface area contributed by atoms with Crippen LogP contribution in [0.5, 0.6) is 5.75 Å². The summed E-state index contributed by atoms with van der Waals surface area (Å²) in [4.78, 5) is 27.1. The monoisotopic (exact) mass is 424 g/mol. The number of aliphatic hydroxyl groups excluding tert-OH is 1. The van der Waals surface area contributed by atoms with E-state index in [2.05, 4.69) is 5.16 Å². The van der Waals surface area contributed by atoms with Crippen LogP contribution in [-0.4, -0.2) is 29.1 Å². The highest BCUT2D eigenvalue weighted by Gasteiger charge is 2.48. The number of nitrogens with zero attached hydrogens (tertiary/aromatic N) is 2. The number of hydrogen-bond acceptors (Lipinski definition) is 6. The number of carbonyl (C=O) groups is 2. The van der Waals surface area contributed by atoms with Gasteiger partial charge in [-0.15, -0.1) is 0 Å². The summed E-state index contributed by atoms with van der Waals surface area (Å²) >= 11 is 6.01. The number of hydrogen-bond donors (Lipinski definition) is 1. The van der Waals surface area contributed by atoms with Crippen LogP contribution >= 0.6 is 11.6 Å². The Labute approximate surface area is 177 Å². The van der Waals surface area contributed by atoms with Crippen molar-refractivity contribution in [3.63, 3.8) is 0 Å². The van der Waals surface area contributed by atoms with E-state index >= 15 is 0 Å². The highest BCUT2D eigenvalue weighted by Crippen LogP contribution is 2.42. The quantitative estimate of drug-likeness (QED) is 0.382. The molecule has 1 atom stereocenters. The van der Waals surface area contributed by atoms with Gasteiger partial charge in [0, 0.05) is 16.7 Å². The lowest BCUT2D eigenvalue weighted by Crippen LogP contribution is -2.29. The van der Waals surface area contributed by atoms with E-state index in [0.717, 1.165) is 0 Å². The van der Waals surface area contributed by atoms with Gasteiger partial charge in [0.05, 0.1) is 18.7 Å². The number of methoxy groups -OCH3 is 1. The molecule has 0 saturated carbocycles. The number of rotatable bonds is 4. The SMILES string of the molecule is COc1ccc(C(O)=C2C(=O)C(=O)N(c3cc(C)on3)[C@@H]2c2ccc(Cl)cc2)cc1. The first kappa shape index (κ1) is 19.7. The van der Waals surface area contributed by atoms with E-state index in [1.165, 1.54) is 12.0 Å². The largest absolute Gasteiger partial charge is 0.507 e. The summed E-state index contributed by atoms with van der Waals surface area (Å²) < 4.78 is 10.2. The molecule has 0 spiro atoms. The molecule has 1 fully saturated rings. The number of ether oxygens (including phenoxy) is 1. The van der Waals surface area contributed by atoms with E-state index in [0.29, 0.717) is 27.7 Å². The Bertz CT molecular complexity index is 1150. The molecular formula is C22H17ClN2O5. The van der Waals surface area contributed by atoms with E-state index in [-0.39, 0.29) is 17.2 Å². The molecular weight excluding hydrogens is 408 g/mol. The number of aliphatic hydroxyl groups is 1. The maximum absolute atomic E-state index is 13.0. The maximum atomic E-state index is 13.0. The standard InChI is InChI=1S/C22H17ClN2O5/c1-12-11-17(24-30-12)25-19(13-3-7-15(23)8-4-13)18(21(27)22(25)28)20(26)14-5-9-16(29-2)10-6-14/h3-11,19,26H,1-2H3/t19-/m1/s1. The van der Waals surface area contributed by atoms with Crippen LogP contribution in [0.1, 0.15) is 22.9 Å². The van der Waals surface area contributed by atoms with Gasteiger partial charge in [0.25, 0.3) is 5.78 Å². The number of carbonyl (C=O) groups excluding carboxylic acids is 2. The lowest BCUT2D eigenvalue weighted by atomic mass is 9.95. The molecule has 152 valence electrons. The molecule has 0 radical (unpaired) electrons. The van der Waals surface area contributed by atoms with Crippen molar-refractivity contribution in [1.82, 2.24) is 5.16 Å². The fourth-order valence-corrected chi connectivity index (χ4v) is 3.53. The molecule has 1 amide bonds. The number of aromatic nitrogens is 1. The first-order chi connectivity index (χ1) is 14.4. The average Bonchev–Trinajstić information content (AvgIpc) is 3.29. The van der Waals surface area contributed by atoms with E-state index in [9.17, 15) is 14.7 Å². The summed E-state index contributed by atoms with van der Waals surface area (Å²) in [6.07, 6.45) is 0. The van der Waals surface area contributed by atoms with Crippen LogP contribution in [0.15, 0.2) is 64.7 Å². The van der Waals surface area contributed by atoms with Gasteiger partial charge in [-0.05, 0) is 48.9 Å². The maximum Gasteiger partial charge on any atom is 0.301 e. The third-order valence-electron chi connectivity index (χ3n) is 4.86. The molecule has 30 heavy (non-hydrogen) atoms. The van der Waals surface area contributed by atoms with Crippen molar-refractivity contribution >= 4 is 34.9 Å². The van der Waals surface area contributed by atoms with Crippen molar-refractivity contribution in [1.29, 1.82) is 0 Å². The Morgan fingerprint density at radius 1 is 1.13 bits per heavy atom. The highest BCUT2D eigenvalue weighted by atomic mass is 35.5. The molecule has 7 nitrogen and oxygen atoms in total. The predicted octanol–water partition coefficient (Wildman–Crippen LogP) is 4.27. The van der Waals surface area contributed by atoms with Gasteiger partial charge < -0.3 is 14.4 Å². The topological polar surface area (TPSA) is 92.9 Å². The average molecular weight is 425 g/mol. The minimum atomic E-state index is -0.895. The van der Waals surface area contributed by atoms with Gasteiger partial charge in [0.2, 0.25) is 0 Å². The van der Waals surface area contributed by atoms with Crippen LogP contribution < -0.4 is 9.64 Å². The van der Waals surface area contributed by atoms with Crippen molar-refractivity contribution in [2.24, 2.45) is 0 Å². The molecule has 1 saturated heterocycles. The Balaban J connectivity index is 1.91. The van der Waals surface area contributed by atoms with Crippen LogP contribution in [0, 0.1) is 6.92 Å². The molecule has 3 aromatic rings. The van der Waals surface area contributed by atoms with Crippen molar-refractivity contribution in [2.45, 2.75) is 13.0 Å². The fourth-order valence-electron chi connectivity index (χ4n) is 3.40. The predicted molar refractivity (Wildman–Crippen MR) is 110 cm³/mol. The molecule has 2 heterocycles. The third kappa shape index (κ3) is 3.33. The Morgan fingerprint density at radius 2 is 1.80 bits per heavy atom. The zero-order valence-electron chi connectivity index (χ0n) is 16.1. The van der Waals surface area contributed by atoms with E-state index < -0.39 is 17.7 Å². The van der Waals surface area contributed by atoms with Gasteiger partial charge in [-0.2, -0.15) is 0 Å². The number of halogens is 1. The molecule has 0 aliphatic carbocycles. The van der Waals surface area contributed by atoms with Gasteiger partial charge in [-0.3, -0.25) is 14.5 Å². The highest BCUT2D eigenvalue weighted by molar-refractivity contribution is 6.51. The van der Waals surface area contributed by atoms with Crippen molar-refractivity contribution in [3.05, 3.63) is 82.1 Å². The number of aryl methyl sites for hydroxylation is 1. The second-order valence-corrected chi connectivity index (χ2v) is 7.18. The van der Waals surface area contributed by atoms with Crippen molar-refractivity contribution in [2.75, 3.05) is 12.0 Å². The number of anilines is 1. The number of ketones is 1. The molecule has 0 unspecified atom stereocenters. The minimum Gasteiger partial charge on any atom is -0.507 e. The van der Waals surface area contributed by atoms with Crippen LogP contribution in [-0.2, 0) is 9.59 Å². The minimum absolute atomic E-state index is 0.0480. The van der Waals surface area contributed by atoms with Gasteiger partial charge >= 0.3 is 5.91 Å². The van der Waals surface area contributed by atoms with Gasteiger partial charge in [-0.25, -0.2) is 0 Å². The van der Waals surface area contributed by atoms with Crippen LogP contribution in [0.3, 0.4) is 0 Å². The van der Waals surface area contributed by atoms with E-state index in [1.807, 2.05) is 0 Å². The molecule has 1 aliphatic heterocycles. The molecule has 4 rings (SSSR count). The number of benzene rings is 2. The molecule has 1 aromatic heterocycles. The van der Waals surface area contributed by atoms with E-state index in [1.54, 1.807) is 61.5 Å². The zero-order chi connectivity index (χ0) is 21.4. The first-order valence-electron chi connectivity index (χ1n) is 9.05. The molecule has 1 aliphatic rings. The van der Waals surface area contributed by atoms with Crippen LogP contribution in [0.4, 0.5) is 5.82 Å². The van der Waals surface area contributed by atoms with Crippen molar-refractivity contribution < 1.29 is 24.0 Å². The summed E-state index contributed by atoms with van der Waals surface area (Å²) in [5.41, 5.74) is 0.923. The summed E-state index contributed by atoms with van der Waals surface area (Å²) in [5, 5.41) is 15.4. The van der Waals surface area contributed by atoms with Gasteiger partial charge in [-0.1, -0.05) is 28.9 Å². The second kappa shape index (κ2) is 7.68. The summed E-state index contributed by atoms with van der Waals surface area (Å²) in [6.45, 7) is 1.68. The number of amides is 1. The second-order valence-electron chi connectivity index (χ2n) is 6.74. The molecule has 1 N–H and O–H groups in total. The third-order valence-corrected chi connectivity index (χ3v) is 5.11. The van der Waals surface area contributed by atoms with E-state index in [4.69, 9.17) is 20.9 Å².